The number of aliphatic hydroxyl groups excluding tert-OH is 1. The largest absolute Gasteiger partial charge is 0.396 e. The summed E-state index contributed by atoms with van der Waals surface area (Å²) in [6.07, 6.45) is 3.99. The average Bonchev–Trinajstić information content (AvgIpc) is 2.45. The molecule has 0 heterocycles. The Morgan fingerprint density at radius 1 is 1.29 bits per heavy atom. The van der Waals surface area contributed by atoms with Crippen molar-refractivity contribution in [2.45, 2.75) is 26.2 Å². The van der Waals surface area contributed by atoms with Crippen molar-refractivity contribution >= 4 is 27.7 Å². The van der Waals surface area contributed by atoms with E-state index in [2.05, 4.69) is 4.72 Å². The third-order valence-electron chi connectivity index (χ3n) is 3.12. The molecule has 0 bridgehead atoms. The van der Waals surface area contributed by atoms with E-state index in [9.17, 15) is 8.42 Å². The Kier molecular flexibility index (Phi) is 7.96. The van der Waals surface area contributed by atoms with Crippen LogP contribution in [0.5, 0.6) is 0 Å². The Balaban J connectivity index is 2.58. The fraction of sp³-hybridized carbons (Fsp3) is 0.467. The zero-order valence-electron chi connectivity index (χ0n) is 12.1. The molecule has 1 aromatic carbocycles. The second kappa shape index (κ2) is 9.20. The Morgan fingerprint density at radius 3 is 2.52 bits per heavy atom. The molecule has 6 heteroatoms. The van der Waals surface area contributed by atoms with Crippen molar-refractivity contribution in [2.75, 3.05) is 13.2 Å². The van der Waals surface area contributed by atoms with Crippen LogP contribution in [0.3, 0.4) is 0 Å². The van der Waals surface area contributed by atoms with E-state index in [1.807, 2.05) is 6.92 Å². The predicted molar refractivity (Wildman–Crippen MR) is 87.5 cm³/mol. The lowest BCUT2D eigenvalue weighted by atomic mass is 10.0. The third-order valence-corrected chi connectivity index (χ3v) is 4.43. The molecule has 1 atom stereocenters. The Bertz CT molecular complexity index is 535. The van der Waals surface area contributed by atoms with Crippen molar-refractivity contribution in [3.63, 3.8) is 0 Å². The second-order valence-corrected chi connectivity index (χ2v) is 7.00. The summed E-state index contributed by atoms with van der Waals surface area (Å²) >= 11 is 5.77. The first-order valence-electron chi connectivity index (χ1n) is 7.01. The average molecular weight is 332 g/mol. The van der Waals surface area contributed by atoms with Gasteiger partial charge in [-0.15, -0.1) is 0 Å². The van der Waals surface area contributed by atoms with E-state index in [1.54, 1.807) is 24.3 Å². The highest BCUT2D eigenvalue weighted by Gasteiger charge is 2.11. The Morgan fingerprint density at radius 2 is 1.95 bits per heavy atom. The summed E-state index contributed by atoms with van der Waals surface area (Å²) in [5, 5.41) is 10.7. The minimum Gasteiger partial charge on any atom is -0.396 e. The minimum atomic E-state index is -3.47. The van der Waals surface area contributed by atoms with Gasteiger partial charge in [-0.05, 0) is 42.5 Å². The van der Waals surface area contributed by atoms with Crippen molar-refractivity contribution in [1.82, 2.24) is 4.72 Å². The maximum absolute atomic E-state index is 11.9. The molecule has 2 N–H and O–H groups in total. The molecule has 0 amide bonds. The van der Waals surface area contributed by atoms with Crippen LogP contribution in [-0.2, 0) is 10.0 Å². The van der Waals surface area contributed by atoms with Crippen LogP contribution in [0.1, 0.15) is 31.7 Å². The van der Waals surface area contributed by atoms with Gasteiger partial charge in [-0.2, -0.15) is 0 Å². The predicted octanol–water partition coefficient (Wildman–Crippen LogP) is 3.03. The second-order valence-electron chi connectivity index (χ2n) is 4.91. The maximum atomic E-state index is 11.9. The number of halogens is 1. The van der Waals surface area contributed by atoms with Crippen LogP contribution in [0.25, 0.3) is 6.08 Å². The number of rotatable bonds is 9. The molecule has 0 saturated carbocycles. The SMILES string of the molecule is CCCC(CCO)CNS(=O)(=O)/C=C/c1ccc(Cl)cc1. The molecule has 0 aromatic heterocycles. The molecule has 0 radical (unpaired) electrons. The molecule has 4 nitrogen and oxygen atoms in total. The van der Waals surface area contributed by atoms with Crippen LogP contribution in [-0.4, -0.2) is 26.7 Å². The molecule has 0 fully saturated rings. The molecule has 0 aliphatic rings. The number of nitrogens with one attached hydrogen (secondary N) is 1. The van der Waals surface area contributed by atoms with Gasteiger partial charge in [0.2, 0.25) is 10.0 Å². The van der Waals surface area contributed by atoms with E-state index in [0.717, 1.165) is 23.8 Å². The van der Waals surface area contributed by atoms with Crippen molar-refractivity contribution < 1.29 is 13.5 Å². The van der Waals surface area contributed by atoms with E-state index >= 15 is 0 Å². The number of sulfonamides is 1. The fourth-order valence-corrected chi connectivity index (χ4v) is 2.99. The van der Waals surface area contributed by atoms with Crippen LogP contribution >= 0.6 is 11.6 Å². The molecule has 0 aliphatic carbocycles. The zero-order valence-corrected chi connectivity index (χ0v) is 13.7. The lowest BCUT2D eigenvalue weighted by Crippen LogP contribution is -2.28. The summed E-state index contributed by atoms with van der Waals surface area (Å²) in [6.45, 7) is 2.47. The highest BCUT2D eigenvalue weighted by atomic mass is 35.5. The van der Waals surface area contributed by atoms with Crippen LogP contribution in [0.4, 0.5) is 0 Å². The number of aliphatic hydroxyl groups is 1. The molecule has 0 saturated heterocycles. The van der Waals surface area contributed by atoms with Gasteiger partial charge in [0, 0.05) is 23.6 Å². The summed E-state index contributed by atoms with van der Waals surface area (Å²) in [7, 11) is -3.47. The van der Waals surface area contributed by atoms with E-state index in [0.29, 0.717) is 18.0 Å². The number of hydrogen-bond donors (Lipinski definition) is 2. The molecule has 1 aromatic rings. The van der Waals surface area contributed by atoms with Gasteiger partial charge < -0.3 is 5.11 Å². The minimum absolute atomic E-state index is 0.0764. The first-order chi connectivity index (χ1) is 9.96. The molecule has 118 valence electrons. The van der Waals surface area contributed by atoms with Gasteiger partial charge in [-0.1, -0.05) is 37.1 Å². The first-order valence-corrected chi connectivity index (χ1v) is 8.93. The van der Waals surface area contributed by atoms with Crippen molar-refractivity contribution in [3.05, 3.63) is 40.3 Å². The summed E-state index contributed by atoms with van der Waals surface area (Å²) in [4.78, 5) is 0. The lowest BCUT2D eigenvalue weighted by Gasteiger charge is -2.14. The van der Waals surface area contributed by atoms with Gasteiger partial charge in [0.15, 0.2) is 0 Å². The Labute approximate surface area is 131 Å². The van der Waals surface area contributed by atoms with Crippen molar-refractivity contribution in [2.24, 2.45) is 5.92 Å². The third kappa shape index (κ3) is 7.62. The monoisotopic (exact) mass is 331 g/mol. The van der Waals surface area contributed by atoms with Gasteiger partial charge in [0.25, 0.3) is 0 Å². The molecule has 21 heavy (non-hydrogen) atoms. The number of benzene rings is 1. The molecule has 1 unspecified atom stereocenters. The Hall–Kier alpha value is -0.880. The van der Waals surface area contributed by atoms with Gasteiger partial charge >= 0.3 is 0 Å². The summed E-state index contributed by atoms with van der Waals surface area (Å²) < 4.78 is 26.4. The normalized spacial score (nSPS) is 13.7. The fourth-order valence-electron chi connectivity index (χ4n) is 1.96. The smallest absolute Gasteiger partial charge is 0.233 e. The highest BCUT2D eigenvalue weighted by Crippen LogP contribution is 2.12. The molecule has 0 spiro atoms. The van der Waals surface area contributed by atoms with E-state index in [-0.39, 0.29) is 12.5 Å². The lowest BCUT2D eigenvalue weighted by molar-refractivity contribution is 0.251. The standard InChI is InChI=1S/C15H22ClNO3S/c1-2-3-14(8-10-18)12-17-21(19,20)11-9-13-4-6-15(16)7-5-13/h4-7,9,11,14,17-18H,2-3,8,10,12H2,1H3/b11-9+. The van der Waals surface area contributed by atoms with E-state index < -0.39 is 10.0 Å². The molecular weight excluding hydrogens is 310 g/mol. The zero-order chi connectivity index (χ0) is 15.7. The van der Waals surface area contributed by atoms with Crippen molar-refractivity contribution in [3.8, 4) is 0 Å². The molecular formula is C15H22ClNO3S. The van der Waals surface area contributed by atoms with Gasteiger partial charge in [-0.25, -0.2) is 13.1 Å². The summed E-state index contributed by atoms with van der Waals surface area (Å²) in [5.41, 5.74) is 0.769. The summed E-state index contributed by atoms with van der Waals surface area (Å²) in [5.74, 6) is 0.165. The topological polar surface area (TPSA) is 66.4 Å². The quantitative estimate of drug-likeness (QED) is 0.731. The van der Waals surface area contributed by atoms with Gasteiger partial charge in [-0.3, -0.25) is 0 Å². The van der Waals surface area contributed by atoms with Crippen LogP contribution in [0, 0.1) is 5.92 Å². The highest BCUT2D eigenvalue weighted by molar-refractivity contribution is 7.92. The van der Waals surface area contributed by atoms with Gasteiger partial charge in [0.1, 0.15) is 0 Å². The van der Waals surface area contributed by atoms with E-state index in [4.69, 9.17) is 16.7 Å². The maximum Gasteiger partial charge on any atom is 0.233 e. The molecule has 1 rings (SSSR count). The van der Waals surface area contributed by atoms with Gasteiger partial charge in [0.05, 0.1) is 0 Å². The first kappa shape index (κ1) is 18.2. The van der Waals surface area contributed by atoms with Crippen LogP contribution in [0.2, 0.25) is 5.02 Å². The van der Waals surface area contributed by atoms with E-state index in [1.165, 1.54) is 6.08 Å². The summed E-state index contributed by atoms with van der Waals surface area (Å²) in [6, 6.07) is 6.92. The van der Waals surface area contributed by atoms with Crippen LogP contribution in [0.15, 0.2) is 29.7 Å². The molecule has 0 aliphatic heterocycles. The number of hydrogen-bond acceptors (Lipinski definition) is 3. The van der Waals surface area contributed by atoms with Crippen LogP contribution < -0.4 is 4.72 Å². The van der Waals surface area contributed by atoms with Crippen molar-refractivity contribution in [1.29, 1.82) is 0 Å².